The minimum atomic E-state index is 0.430. The lowest BCUT2D eigenvalue weighted by molar-refractivity contribution is 0.139. The van der Waals surface area contributed by atoms with E-state index >= 15 is 0 Å². The summed E-state index contributed by atoms with van der Waals surface area (Å²) in [4.78, 5) is 2.59. The molecule has 104 valence electrons. The highest BCUT2D eigenvalue weighted by Crippen LogP contribution is 2.46. The molecule has 0 bridgehead atoms. The Kier molecular flexibility index (Phi) is 3.53. The topological polar surface area (TPSA) is 15.3 Å². The van der Waals surface area contributed by atoms with Gasteiger partial charge in [-0.15, -0.1) is 0 Å². The standard InChI is InChI=1S/C17H26N2/c1-14(18-2)15-8-4-5-9-16(15)19-12-17(13-19)10-6-3-7-11-17/h4-5,8-9,14,18H,3,6-7,10-13H2,1-2H3. The van der Waals surface area contributed by atoms with Gasteiger partial charge in [-0.05, 0) is 38.4 Å². The number of hydrogen-bond donors (Lipinski definition) is 1. The van der Waals surface area contributed by atoms with Crippen LogP contribution in [0.25, 0.3) is 0 Å². The molecule has 2 nitrogen and oxygen atoms in total. The Labute approximate surface area is 117 Å². The average molecular weight is 258 g/mol. The van der Waals surface area contributed by atoms with Gasteiger partial charge in [0.25, 0.3) is 0 Å². The van der Waals surface area contributed by atoms with Gasteiger partial charge in [-0.1, -0.05) is 37.5 Å². The maximum absolute atomic E-state index is 3.37. The van der Waals surface area contributed by atoms with E-state index in [2.05, 4.69) is 41.4 Å². The second kappa shape index (κ2) is 5.16. The van der Waals surface area contributed by atoms with Crippen molar-refractivity contribution in [1.29, 1.82) is 0 Å². The van der Waals surface area contributed by atoms with Gasteiger partial charge in [0.05, 0.1) is 0 Å². The Balaban J connectivity index is 1.74. The van der Waals surface area contributed by atoms with Crippen LogP contribution in [0.15, 0.2) is 24.3 Å². The van der Waals surface area contributed by atoms with E-state index in [-0.39, 0.29) is 0 Å². The van der Waals surface area contributed by atoms with E-state index in [1.54, 1.807) is 0 Å². The predicted octanol–water partition coefficient (Wildman–Crippen LogP) is 3.74. The SMILES string of the molecule is CNC(C)c1ccccc1N1CC2(CCCCC2)C1. The third-order valence-corrected chi connectivity index (χ3v) is 5.14. The van der Waals surface area contributed by atoms with Crippen molar-refractivity contribution in [2.75, 3.05) is 25.0 Å². The van der Waals surface area contributed by atoms with Crippen LogP contribution in [0.5, 0.6) is 0 Å². The Hall–Kier alpha value is -1.02. The van der Waals surface area contributed by atoms with Crippen LogP contribution >= 0.6 is 0 Å². The highest BCUT2D eigenvalue weighted by molar-refractivity contribution is 5.57. The van der Waals surface area contributed by atoms with Gasteiger partial charge in [0, 0.05) is 30.2 Å². The van der Waals surface area contributed by atoms with Gasteiger partial charge in [-0.25, -0.2) is 0 Å². The number of nitrogens with zero attached hydrogens (tertiary/aromatic N) is 1. The molecule has 19 heavy (non-hydrogen) atoms. The van der Waals surface area contributed by atoms with Crippen LogP contribution < -0.4 is 10.2 Å². The molecule has 2 aliphatic rings. The summed E-state index contributed by atoms with van der Waals surface area (Å²) in [5, 5.41) is 3.37. The molecule has 3 rings (SSSR count). The fourth-order valence-electron chi connectivity index (χ4n) is 3.85. The second-order valence-electron chi connectivity index (χ2n) is 6.49. The van der Waals surface area contributed by atoms with Crippen molar-refractivity contribution in [2.24, 2.45) is 5.41 Å². The number of anilines is 1. The zero-order valence-electron chi connectivity index (χ0n) is 12.3. The van der Waals surface area contributed by atoms with Crippen molar-refractivity contribution < 1.29 is 0 Å². The summed E-state index contributed by atoms with van der Waals surface area (Å²) in [6.45, 7) is 4.80. The van der Waals surface area contributed by atoms with Gasteiger partial charge in [-0.3, -0.25) is 0 Å². The molecule has 0 radical (unpaired) electrons. The van der Waals surface area contributed by atoms with E-state index in [4.69, 9.17) is 0 Å². The van der Waals surface area contributed by atoms with Crippen molar-refractivity contribution in [1.82, 2.24) is 5.32 Å². The van der Waals surface area contributed by atoms with Crippen LogP contribution in [0.1, 0.15) is 50.6 Å². The summed E-state index contributed by atoms with van der Waals surface area (Å²) < 4.78 is 0. The van der Waals surface area contributed by atoms with E-state index in [9.17, 15) is 0 Å². The van der Waals surface area contributed by atoms with Crippen LogP contribution in [-0.4, -0.2) is 20.1 Å². The van der Waals surface area contributed by atoms with Crippen LogP contribution in [0.4, 0.5) is 5.69 Å². The van der Waals surface area contributed by atoms with E-state index < -0.39 is 0 Å². The lowest BCUT2D eigenvalue weighted by Gasteiger charge is -2.54. The summed E-state index contributed by atoms with van der Waals surface area (Å²) in [6, 6.07) is 9.32. The molecule has 1 saturated heterocycles. The van der Waals surface area contributed by atoms with Crippen LogP contribution in [0.2, 0.25) is 0 Å². The van der Waals surface area contributed by atoms with E-state index in [0.29, 0.717) is 11.5 Å². The summed E-state index contributed by atoms with van der Waals surface area (Å²) in [6.07, 6.45) is 7.25. The first-order valence-electron chi connectivity index (χ1n) is 7.75. The monoisotopic (exact) mass is 258 g/mol. The van der Waals surface area contributed by atoms with Gasteiger partial charge < -0.3 is 10.2 Å². The average Bonchev–Trinajstić information content (AvgIpc) is 2.45. The van der Waals surface area contributed by atoms with Crippen molar-refractivity contribution in [2.45, 2.75) is 45.1 Å². The second-order valence-corrected chi connectivity index (χ2v) is 6.49. The number of benzene rings is 1. The third-order valence-electron chi connectivity index (χ3n) is 5.14. The molecule has 1 aliphatic heterocycles. The molecule has 2 fully saturated rings. The lowest BCUT2D eigenvalue weighted by Crippen LogP contribution is -2.57. The summed E-state index contributed by atoms with van der Waals surface area (Å²) in [5.74, 6) is 0. The molecule has 1 spiro atoms. The van der Waals surface area contributed by atoms with Crippen molar-refractivity contribution >= 4 is 5.69 Å². The third kappa shape index (κ3) is 2.38. The molecule has 1 saturated carbocycles. The molecule has 0 amide bonds. The molecule has 2 heteroatoms. The molecule has 1 N–H and O–H groups in total. The largest absolute Gasteiger partial charge is 0.370 e. The number of hydrogen-bond acceptors (Lipinski definition) is 2. The summed E-state index contributed by atoms with van der Waals surface area (Å²) in [7, 11) is 2.04. The quantitative estimate of drug-likeness (QED) is 0.888. The molecule has 1 aliphatic carbocycles. The predicted molar refractivity (Wildman–Crippen MR) is 81.6 cm³/mol. The molecule has 1 atom stereocenters. The Morgan fingerprint density at radius 1 is 1.11 bits per heavy atom. The zero-order chi connectivity index (χ0) is 13.3. The van der Waals surface area contributed by atoms with E-state index in [1.807, 2.05) is 7.05 Å². The number of nitrogens with one attached hydrogen (secondary N) is 1. The minimum Gasteiger partial charge on any atom is -0.370 e. The van der Waals surface area contributed by atoms with Crippen LogP contribution in [-0.2, 0) is 0 Å². The lowest BCUT2D eigenvalue weighted by atomic mass is 9.68. The summed E-state index contributed by atoms with van der Waals surface area (Å²) in [5.41, 5.74) is 3.55. The smallest absolute Gasteiger partial charge is 0.0415 e. The molecular weight excluding hydrogens is 232 g/mol. The molecule has 1 aromatic rings. The first kappa shape index (κ1) is 13.0. The Morgan fingerprint density at radius 2 is 1.79 bits per heavy atom. The first-order valence-corrected chi connectivity index (χ1v) is 7.75. The fraction of sp³-hybridized carbons (Fsp3) is 0.647. The zero-order valence-corrected chi connectivity index (χ0v) is 12.3. The molecule has 0 aromatic heterocycles. The highest BCUT2D eigenvalue weighted by Gasteiger charge is 2.43. The molecule has 1 aromatic carbocycles. The van der Waals surface area contributed by atoms with Crippen molar-refractivity contribution in [3.05, 3.63) is 29.8 Å². The van der Waals surface area contributed by atoms with Gasteiger partial charge in [-0.2, -0.15) is 0 Å². The van der Waals surface area contributed by atoms with Crippen LogP contribution in [0, 0.1) is 5.41 Å². The van der Waals surface area contributed by atoms with Gasteiger partial charge in [0.2, 0.25) is 0 Å². The van der Waals surface area contributed by atoms with Crippen molar-refractivity contribution in [3.63, 3.8) is 0 Å². The van der Waals surface area contributed by atoms with Gasteiger partial charge in [0.1, 0.15) is 0 Å². The van der Waals surface area contributed by atoms with E-state index in [0.717, 1.165) is 0 Å². The molecule has 1 heterocycles. The van der Waals surface area contributed by atoms with Crippen molar-refractivity contribution in [3.8, 4) is 0 Å². The fourth-order valence-corrected chi connectivity index (χ4v) is 3.85. The molecule has 1 unspecified atom stereocenters. The maximum Gasteiger partial charge on any atom is 0.0415 e. The highest BCUT2D eigenvalue weighted by atomic mass is 15.2. The van der Waals surface area contributed by atoms with E-state index in [1.165, 1.54) is 56.4 Å². The van der Waals surface area contributed by atoms with Gasteiger partial charge in [0.15, 0.2) is 0 Å². The van der Waals surface area contributed by atoms with Crippen LogP contribution in [0.3, 0.4) is 0 Å². The minimum absolute atomic E-state index is 0.430. The maximum atomic E-state index is 3.37. The molecular formula is C17H26N2. The summed E-state index contributed by atoms with van der Waals surface area (Å²) >= 11 is 0. The number of rotatable bonds is 3. The van der Waals surface area contributed by atoms with Gasteiger partial charge >= 0.3 is 0 Å². The Bertz CT molecular complexity index is 427. The normalized spacial score (nSPS) is 23.2. The Morgan fingerprint density at radius 3 is 2.47 bits per heavy atom. The first-order chi connectivity index (χ1) is 9.24. The number of para-hydroxylation sites is 1.